The van der Waals surface area contributed by atoms with E-state index < -0.39 is 12.1 Å². The number of para-hydroxylation sites is 1. The Bertz CT molecular complexity index is 862. The second-order valence-electron chi connectivity index (χ2n) is 7.66. The number of aromatic nitrogens is 1. The SMILES string of the molecule is Cc1cc(C(=O)O[C@H](C)C(=O)Nc2ccccc2C(C)C)c(C)n1C1CC1. The van der Waals surface area contributed by atoms with Crippen LogP contribution >= 0.6 is 0 Å². The Morgan fingerprint density at radius 3 is 2.44 bits per heavy atom. The summed E-state index contributed by atoms with van der Waals surface area (Å²) in [5.41, 5.74) is 4.33. The highest BCUT2D eigenvalue weighted by molar-refractivity contribution is 5.98. The molecule has 1 amide bonds. The highest BCUT2D eigenvalue weighted by Gasteiger charge is 2.29. The lowest BCUT2D eigenvalue weighted by molar-refractivity contribution is -0.123. The molecule has 5 heteroatoms. The van der Waals surface area contributed by atoms with E-state index in [1.54, 1.807) is 6.92 Å². The van der Waals surface area contributed by atoms with Crippen molar-refractivity contribution in [1.29, 1.82) is 0 Å². The molecule has 1 aliphatic carbocycles. The van der Waals surface area contributed by atoms with E-state index in [1.807, 2.05) is 44.2 Å². The van der Waals surface area contributed by atoms with Crippen LogP contribution in [0.15, 0.2) is 30.3 Å². The normalized spacial score (nSPS) is 14.9. The van der Waals surface area contributed by atoms with E-state index >= 15 is 0 Å². The third-order valence-corrected chi connectivity index (χ3v) is 5.11. The van der Waals surface area contributed by atoms with Crippen LogP contribution in [0.2, 0.25) is 0 Å². The van der Waals surface area contributed by atoms with E-state index in [0.717, 1.165) is 35.5 Å². The molecule has 0 unspecified atom stereocenters. The van der Waals surface area contributed by atoms with Gasteiger partial charge in [0.05, 0.1) is 5.56 Å². The maximum absolute atomic E-state index is 12.6. The monoisotopic (exact) mass is 368 g/mol. The van der Waals surface area contributed by atoms with Gasteiger partial charge in [-0.1, -0.05) is 32.0 Å². The summed E-state index contributed by atoms with van der Waals surface area (Å²) in [7, 11) is 0. The van der Waals surface area contributed by atoms with E-state index in [4.69, 9.17) is 4.74 Å². The van der Waals surface area contributed by atoms with Gasteiger partial charge in [-0.05, 0) is 57.2 Å². The lowest BCUT2D eigenvalue weighted by Gasteiger charge is -2.17. The van der Waals surface area contributed by atoms with Crippen LogP contribution < -0.4 is 5.32 Å². The minimum Gasteiger partial charge on any atom is -0.449 e. The van der Waals surface area contributed by atoms with Gasteiger partial charge in [-0.25, -0.2) is 4.79 Å². The first-order chi connectivity index (χ1) is 12.8. The van der Waals surface area contributed by atoms with Crippen LogP contribution in [0.1, 0.15) is 72.9 Å². The van der Waals surface area contributed by atoms with Crippen molar-refractivity contribution in [3.8, 4) is 0 Å². The summed E-state index contributed by atoms with van der Waals surface area (Å²) < 4.78 is 7.65. The van der Waals surface area contributed by atoms with Crippen LogP contribution in [0.25, 0.3) is 0 Å². The number of nitrogens with one attached hydrogen (secondary N) is 1. The minimum absolute atomic E-state index is 0.284. The average Bonchev–Trinajstić information content (AvgIpc) is 3.40. The molecule has 1 fully saturated rings. The zero-order valence-electron chi connectivity index (χ0n) is 16.7. The van der Waals surface area contributed by atoms with E-state index in [2.05, 4.69) is 23.7 Å². The summed E-state index contributed by atoms with van der Waals surface area (Å²) >= 11 is 0. The number of benzene rings is 1. The number of amides is 1. The fourth-order valence-electron chi connectivity index (χ4n) is 3.50. The van der Waals surface area contributed by atoms with Crippen LogP contribution in [-0.2, 0) is 9.53 Å². The predicted molar refractivity (Wildman–Crippen MR) is 106 cm³/mol. The Hall–Kier alpha value is -2.56. The summed E-state index contributed by atoms with van der Waals surface area (Å²) in [4.78, 5) is 25.1. The fourth-order valence-corrected chi connectivity index (χ4v) is 3.50. The molecule has 1 saturated carbocycles. The van der Waals surface area contributed by atoms with Gasteiger partial charge in [-0.2, -0.15) is 0 Å². The molecule has 1 atom stereocenters. The number of hydrogen-bond donors (Lipinski definition) is 1. The number of anilines is 1. The van der Waals surface area contributed by atoms with Gasteiger partial charge in [0.15, 0.2) is 6.10 Å². The molecule has 3 rings (SSSR count). The smallest absolute Gasteiger partial charge is 0.340 e. The Morgan fingerprint density at radius 1 is 1.15 bits per heavy atom. The second kappa shape index (κ2) is 7.59. The number of esters is 1. The lowest BCUT2D eigenvalue weighted by atomic mass is 10.0. The molecule has 0 spiro atoms. The number of rotatable bonds is 6. The van der Waals surface area contributed by atoms with Gasteiger partial charge in [0, 0.05) is 23.1 Å². The first-order valence-corrected chi connectivity index (χ1v) is 9.58. The van der Waals surface area contributed by atoms with Crippen LogP contribution in [0.4, 0.5) is 5.69 Å². The van der Waals surface area contributed by atoms with Crippen LogP contribution in [0.5, 0.6) is 0 Å². The molecule has 144 valence electrons. The van der Waals surface area contributed by atoms with E-state index in [-0.39, 0.29) is 11.8 Å². The zero-order chi connectivity index (χ0) is 19.7. The van der Waals surface area contributed by atoms with Gasteiger partial charge in [-0.15, -0.1) is 0 Å². The first-order valence-electron chi connectivity index (χ1n) is 9.58. The molecule has 1 aliphatic rings. The average molecular weight is 368 g/mol. The number of aryl methyl sites for hydroxylation is 1. The summed E-state index contributed by atoms with van der Waals surface area (Å²) in [6.07, 6.45) is 1.43. The molecule has 2 aromatic rings. The van der Waals surface area contributed by atoms with Gasteiger partial charge in [0.1, 0.15) is 0 Å². The standard InChI is InChI=1S/C22H28N2O3/c1-13(2)18-8-6-7-9-20(18)23-21(25)16(5)27-22(26)19-12-14(3)24(15(19)4)17-10-11-17/h6-9,12-13,16-17H,10-11H2,1-5H3,(H,23,25)/t16-/m1/s1. The van der Waals surface area contributed by atoms with Gasteiger partial charge < -0.3 is 14.6 Å². The molecule has 1 aromatic carbocycles. The van der Waals surface area contributed by atoms with Gasteiger partial charge >= 0.3 is 5.97 Å². The number of nitrogens with zero attached hydrogens (tertiary/aromatic N) is 1. The number of carbonyl (C=O) groups excluding carboxylic acids is 2. The van der Waals surface area contributed by atoms with Gasteiger partial charge in [0.2, 0.25) is 0 Å². The predicted octanol–water partition coefficient (Wildman–Crippen LogP) is 4.75. The third kappa shape index (κ3) is 4.07. The highest BCUT2D eigenvalue weighted by Crippen LogP contribution is 2.38. The maximum atomic E-state index is 12.6. The van der Waals surface area contributed by atoms with E-state index in [9.17, 15) is 9.59 Å². The van der Waals surface area contributed by atoms with Crippen molar-refractivity contribution in [3.63, 3.8) is 0 Å². The Morgan fingerprint density at radius 2 is 1.81 bits per heavy atom. The Balaban J connectivity index is 1.68. The van der Waals surface area contributed by atoms with Crippen LogP contribution in [0, 0.1) is 13.8 Å². The molecule has 27 heavy (non-hydrogen) atoms. The third-order valence-electron chi connectivity index (χ3n) is 5.11. The van der Waals surface area contributed by atoms with Crippen LogP contribution in [-0.4, -0.2) is 22.5 Å². The van der Waals surface area contributed by atoms with Crippen molar-refractivity contribution in [1.82, 2.24) is 4.57 Å². The topological polar surface area (TPSA) is 60.3 Å². The molecular formula is C22H28N2O3. The largest absolute Gasteiger partial charge is 0.449 e. The quantitative estimate of drug-likeness (QED) is 0.749. The summed E-state index contributed by atoms with van der Waals surface area (Å²) in [6.45, 7) is 9.69. The molecule has 0 radical (unpaired) electrons. The summed E-state index contributed by atoms with van der Waals surface area (Å²) in [6, 6.07) is 10.0. The highest BCUT2D eigenvalue weighted by atomic mass is 16.5. The lowest BCUT2D eigenvalue weighted by Crippen LogP contribution is -2.30. The van der Waals surface area contributed by atoms with Crippen LogP contribution in [0.3, 0.4) is 0 Å². The maximum Gasteiger partial charge on any atom is 0.340 e. The Kier molecular flexibility index (Phi) is 5.40. The summed E-state index contributed by atoms with van der Waals surface area (Å²) in [5.74, 6) is -0.491. The van der Waals surface area contributed by atoms with Crippen molar-refractivity contribution < 1.29 is 14.3 Å². The van der Waals surface area contributed by atoms with Crippen molar-refractivity contribution in [2.75, 3.05) is 5.32 Å². The number of ether oxygens (including phenoxy) is 1. The van der Waals surface area contributed by atoms with E-state index in [1.165, 1.54) is 0 Å². The molecule has 1 heterocycles. The van der Waals surface area contributed by atoms with Crippen molar-refractivity contribution >= 4 is 17.6 Å². The molecule has 0 bridgehead atoms. The molecule has 1 N–H and O–H groups in total. The minimum atomic E-state index is -0.873. The fraction of sp³-hybridized carbons (Fsp3) is 0.455. The van der Waals surface area contributed by atoms with Crippen molar-refractivity contribution in [2.45, 2.75) is 65.5 Å². The Labute approximate surface area is 160 Å². The molecular weight excluding hydrogens is 340 g/mol. The number of carbonyl (C=O) groups is 2. The molecule has 0 saturated heterocycles. The van der Waals surface area contributed by atoms with Gasteiger partial charge in [0.25, 0.3) is 5.91 Å². The first kappa shape index (κ1) is 19.2. The van der Waals surface area contributed by atoms with Crippen molar-refractivity contribution in [3.05, 3.63) is 52.8 Å². The molecule has 5 nitrogen and oxygen atoms in total. The number of hydrogen-bond acceptors (Lipinski definition) is 3. The van der Waals surface area contributed by atoms with E-state index in [0.29, 0.717) is 11.6 Å². The van der Waals surface area contributed by atoms with Crippen molar-refractivity contribution in [2.24, 2.45) is 0 Å². The van der Waals surface area contributed by atoms with Gasteiger partial charge in [-0.3, -0.25) is 4.79 Å². The second-order valence-corrected chi connectivity index (χ2v) is 7.66. The molecule has 0 aliphatic heterocycles. The summed E-state index contributed by atoms with van der Waals surface area (Å²) in [5, 5.41) is 2.89. The molecule has 1 aromatic heterocycles. The zero-order valence-corrected chi connectivity index (χ0v) is 16.7.